The van der Waals surface area contributed by atoms with Gasteiger partial charge in [-0.25, -0.2) is 0 Å². The first kappa shape index (κ1) is 12.0. The lowest BCUT2D eigenvalue weighted by molar-refractivity contribution is 0.556. The van der Waals surface area contributed by atoms with E-state index in [4.69, 9.17) is 17.3 Å². The van der Waals surface area contributed by atoms with Crippen molar-refractivity contribution >= 4 is 27.5 Å². The van der Waals surface area contributed by atoms with Crippen molar-refractivity contribution in [2.45, 2.75) is 19.5 Å². The lowest BCUT2D eigenvalue weighted by atomic mass is 10.2. The van der Waals surface area contributed by atoms with Gasteiger partial charge in [0.15, 0.2) is 0 Å². The second-order valence-corrected chi connectivity index (χ2v) is 4.58. The van der Waals surface area contributed by atoms with Gasteiger partial charge in [-0.1, -0.05) is 33.6 Å². The minimum Gasteiger partial charge on any atom is -0.329 e. The first-order chi connectivity index (χ1) is 6.63. The topological polar surface area (TPSA) is 38.0 Å². The second-order valence-electron chi connectivity index (χ2n) is 3.25. The van der Waals surface area contributed by atoms with Gasteiger partial charge in [0, 0.05) is 28.6 Å². The van der Waals surface area contributed by atoms with E-state index >= 15 is 0 Å². The highest BCUT2D eigenvalue weighted by molar-refractivity contribution is 9.10. The van der Waals surface area contributed by atoms with Gasteiger partial charge in [-0.05, 0) is 24.6 Å². The van der Waals surface area contributed by atoms with E-state index in [1.165, 1.54) is 0 Å². The summed E-state index contributed by atoms with van der Waals surface area (Å²) in [6, 6.07) is 6.19. The molecule has 1 atom stereocenters. The average molecular weight is 278 g/mol. The molecule has 0 aliphatic heterocycles. The zero-order valence-corrected chi connectivity index (χ0v) is 10.4. The molecule has 0 heterocycles. The Morgan fingerprint density at radius 3 is 2.86 bits per heavy atom. The molecule has 0 spiro atoms. The van der Waals surface area contributed by atoms with Gasteiger partial charge >= 0.3 is 0 Å². The summed E-state index contributed by atoms with van der Waals surface area (Å²) in [4.78, 5) is 0. The number of nitrogens with two attached hydrogens (primary N) is 1. The number of halogens is 2. The summed E-state index contributed by atoms with van der Waals surface area (Å²) in [5.74, 6) is 0. The molecule has 0 fully saturated rings. The maximum atomic E-state index is 6.05. The number of hydrogen-bond acceptors (Lipinski definition) is 2. The van der Waals surface area contributed by atoms with Gasteiger partial charge in [0.25, 0.3) is 0 Å². The highest BCUT2D eigenvalue weighted by atomic mass is 79.9. The van der Waals surface area contributed by atoms with Crippen LogP contribution >= 0.6 is 27.5 Å². The Kier molecular flexibility index (Phi) is 4.89. The van der Waals surface area contributed by atoms with Crippen LogP contribution < -0.4 is 11.1 Å². The summed E-state index contributed by atoms with van der Waals surface area (Å²) >= 11 is 9.42. The molecule has 78 valence electrons. The van der Waals surface area contributed by atoms with Crippen LogP contribution in [-0.4, -0.2) is 12.6 Å². The number of hydrogen-bond donors (Lipinski definition) is 2. The predicted octanol–water partition coefficient (Wildman–Crippen LogP) is 2.54. The summed E-state index contributed by atoms with van der Waals surface area (Å²) in [6.07, 6.45) is 0. The fraction of sp³-hybridized carbons (Fsp3) is 0.400. The average Bonchev–Trinajstić information content (AvgIpc) is 2.16. The lowest BCUT2D eigenvalue weighted by Gasteiger charge is -2.12. The maximum Gasteiger partial charge on any atom is 0.0462 e. The molecule has 3 N–H and O–H groups in total. The van der Waals surface area contributed by atoms with Gasteiger partial charge in [0.2, 0.25) is 0 Å². The van der Waals surface area contributed by atoms with Crippen LogP contribution in [0.4, 0.5) is 0 Å². The molecule has 0 saturated heterocycles. The van der Waals surface area contributed by atoms with Gasteiger partial charge in [-0.15, -0.1) is 0 Å². The van der Waals surface area contributed by atoms with E-state index in [1.54, 1.807) is 0 Å². The third kappa shape index (κ3) is 3.58. The molecular formula is C10H14BrClN2. The smallest absolute Gasteiger partial charge is 0.0462 e. The highest BCUT2D eigenvalue weighted by Gasteiger charge is 2.02. The van der Waals surface area contributed by atoms with Gasteiger partial charge in [-0.2, -0.15) is 0 Å². The predicted molar refractivity (Wildman–Crippen MR) is 64.5 cm³/mol. The van der Waals surface area contributed by atoms with Crippen molar-refractivity contribution in [3.63, 3.8) is 0 Å². The molecule has 1 aromatic carbocycles. The van der Waals surface area contributed by atoms with E-state index in [0.717, 1.165) is 21.6 Å². The Balaban J connectivity index is 2.59. The Hall–Kier alpha value is -0.0900. The van der Waals surface area contributed by atoms with Crippen molar-refractivity contribution in [1.82, 2.24) is 5.32 Å². The normalized spacial score (nSPS) is 12.9. The molecule has 0 unspecified atom stereocenters. The molecule has 2 nitrogen and oxygen atoms in total. The first-order valence-corrected chi connectivity index (χ1v) is 5.68. The van der Waals surface area contributed by atoms with Crippen molar-refractivity contribution in [1.29, 1.82) is 0 Å². The Labute approximate surface area is 98.0 Å². The van der Waals surface area contributed by atoms with Crippen LogP contribution in [0.3, 0.4) is 0 Å². The van der Waals surface area contributed by atoms with Crippen LogP contribution in [0.1, 0.15) is 12.5 Å². The van der Waals surface area contributed by atoms with Crippen LogP contribution in [0.5, 0.6) is 0 Å². The standard InChI is InChI=1S/C10H14BrClN2/c1-7(5-13)14-6-8-2-3-9(11)4-10(8)12/h2-4,7,14H,5-6,13H2,1H3/t7-/m0/s1. The quantitative estimate of drug-likeness (QED) is 0.887. The fourth-order valence-corrected chi connectivity index (χ4v) is 1.77. The summed E-state index contributed by atoms with van der Waals surface area (Å²) in [6.45, 7) is 3.44. The van der Waals surface area contributed by atoms with Crippen molar-refractivity contribution in [3.8, 4) is 0 Å². The zero-order chi connectivity index (χ0) is 10.6. The molecule has 0 saturated carbocycles. The minimum absolute atomic E-state index is 0.315. The van der Waals surface area contributed by atoms with Crippen LogP contribution in [0, 0.1) is 0 Å². The largest absolute Gasteiger partial charge is 0.329 e. The van der Waals surface area contributed by atoms with Crippen molar-refractivity contribution < 1.29 is 0 Å². The number of rotatable bonds is 4. The second kappa shape index (κ2) is 5.71. The zero-order valence-electron chi connectivity index (χ0n) is 8.06. The number of benzene rings is 1. The van der Waals surface area contributed by atoms with Crippen LogP contribution in [0.25, 0.3) is 0 Å². The SMILES string of the molecule is C[C@@H](CN)NCc1ccc(Br)cc1Cl. The van der Waals surface area contributed by atoms with Crippen molar-refractivity contribution in [2.75, 3.05) is 6.54 Å². The molecular weight excluding hydrogens is 263 g/mol. The number of nitrogens with one attached hydrogen (secondary N) is 1. The Bertz CT molecular complexity index is 304. The first-order valence-electron chi connectivity index (χ1n) is 4.51. The maximum absolute atomic E-state index is 6.05. The third-order valence-corrected chi connectivity index (χ3v) is 2.85. The molecule has 0 aliphatic rings. The van der Waals surface area contributed by atoms with Crippen LogP contribution in [0.15, 0.2) is 22.7 Å². The van der Waals surface area contributed by atoms with Crippen LogP contribution in [0.2, 0.25) is 5.02 Å². The fourth-order valence-electron chi connectivity index (χ4n) is 1.03. The molecule has 4 heteroatoms. The Morgan fingerprint density at radius 2 is 2.29 bits per heavy atom. The molecule has 1 aromatic rings. The van der Waals surface area contributed by atoms with E-state index in [2.05, 4.69) is 21.2 Å². The van der Waals surface area contributed by atoms with E-state index in [0.29, 0.717) is 12.6 Å². The summed E-state index contributed by atoms with van der Waals surface area (Å²) < 4.78 is 0.998. The molecule has 0 amide bonds. The van der Waals surface area contributed by atoms with E-state index in [1.807, 2.05) is 25.1 Å². The van der Waals surface area contributed by atoms with Gasteiger partial charge in [0.05, 0.1) is 0 Å². The summed E-state index contributed by atoms with van der Waals surface area (Å²) in [7, 11) is 0. The Morgan fingerprint density at radius 1 is 1.57 bits per heavy atom. The molecule has 0 aromatic heterocycles. The van der Waals surface area contributed by atoms with Gasteiger partial charge < -0.3 is 11.1 Å². The molecule has 14 heavy (non-hydrogen) atoms. The highest BCUT2D eigenvalue weighted by Crippen LogP contribution is 2.21. The van der Waals surface area contributed by atoms with Crippen molar-refractivity contribution in [2.24, 2.45) is 5.73 Å². The van der Waals surface area contributed by atoms with E-state index in [-0.39, 0.29) is 0 Å². The minimum atomic E-state index is 0.315. The van der Waals surface area contributed by atoms with Gasteiger partial charge in [0.1, 0.15) is 0 Å². The van der Waals surface area contributed by atoms with Gasteiger partial charge in [-0.3, -0.25) is 0 Å². The van der Waals surface area contributed by atoms with Crippen molar-refractivity contribution in [3.05, 3.63) is 33.3 Å². The molecule has 0 bridgehead atoms. The van der Waals surface area contributed by atoms with E-state index < -0.39 is 0 Å². The van der Waals surface area contributed by atoms with Crippen LogP contribution in [-0.2, 0) is 6.54 Å². The van der Waals surface area contributed by atoms with E-state index in [9.17, 15) is 0 Å². The molecule has 1 rings (SSSR count). The molecule has 0 radical (unpaired) electrons. The monoisotopic (exact) mass is 276 g/mol. The summed E-state index contributed by atoms with van der Waals surface area (Å²) in [5.41, 5.74) is 6.59. The summed E-state index contributed by atoms with van der Waals surface area (Å²) in [5, 5.41) is 4.06. The molecule has 0 aliphatic carbocycles. The third-order valence-electron chi connectivity index (χ3n) is 2.01. The lowest BCUT2D eigenvalue weighted by Crippen LogP contribution is -2.32.